The van der Waals surface area contributed by atoms with Crippen molar-refractivity contribution in [1.29, 1.82) is 0 Å². The first-order valence-electron chi connectivity index (χ1n) is 7.11. The van der Waals surface area contributed by atoms with Crippen LogP contribution in [0.5, 0.6) is 0 Å². The van der Waals surface area contributed by atoms with Crippen LogP contribution in [0.2, 0.25) is 0 Å². The molecule has 0 aliphatic rings. The molecule has 1 amide bonds. The molecule has 0 fully saturated rings. The Balaban J connectivity index is 2.47. The molecule has 0 aliphatic heterocycles. The van der Waals surface area contributed by atoms with E-state index in [1.807, 2.05) is 19.9 Å². The van der Waals surface area contributed by atoms with Gasteiger partial charge in [-0.25, -0.2) is 9.59 Å². The highest BCUT2D eigenvalue weighted by molar-refractivity contribution is 5.89. The van der Waals surface area contributed by atoms with Gasteiger partial charge in [-0.3, -0.25) is 0 Å². The van der Waals surface area contributed by atoms with Crippen molar-refractivity contribution in [3.63, 3.8) is 0 Å². The van der Waals surface area contributed by atoms with Crippen molar-refractivity contribution in [2.24, 2.45) is 0 Å². The maximum atomic E-state index is 11.9. The summed E-state index contributed by atoms with van der Waals surface area (Å²) in [5.74, 6) is -0.353. The van der Waals surface area contributed by atoms with Crippen LogP contribution in [0.15, 0.2) is 30.3 Å². The Hall–Kier alpha value is -2.04. The Bertz CT molecular complexity index is 461. The molecule has 1 aromatic rings. The average molecular weight is 293 g/mol. The zero-order valence-electron chi connectivity index (χ0n) is 13.0. The first-order valence-corrected chi connectivity index (χ1v) is 7.11. The molecule has 0 heterocycles. The summed E-state index contributed by atoms with van der Waals surface area (Å²) in [6, 6.07) is 8.77. The summed E-state index contributed by atoms with van der Waals surface area (Å²) < 4.78 is 10.3. The quantitative estimate of drug-likeness (QED) is 0.756. The number of amides is 1. The van der Waals surface area contributed by atoms with Gasteiger partial charge in [0.2, 0.25) is 0 Å². The summed E-state index contributed by atoms with van der Waals surface area (Å²) >= 11 is 0. The minimum absolute atomic E-state index is 0.0809. The SMILES string of the molecule is CCOC(=O)N(C)C(C)CC(C)OC(=O)c1ccccc1. The number of hydrogen-bond donors (Lipinski definition) is 0. The lowest BCUT2D eigenvalue weighted by Crippen LogP contribution is -2.38. The molecular formula is C16H23NO4. The van der Waals surface area contributed by atoms with Gasteiger partial charge >= 0.3 is 12.1 Å². The Labute approximate surface area is 125 Å². The lowest BCUT2D eigenvalue weighted by Gasteiger charge is -2.26. The molecule has 5 heteroatoms. The fourth-order valence-electron chi connectivity index (χ4n) is 1.92. The number of carbonyl (C=O) groups is 2. The average Bonchev–Trinajstić information content (AvgIpc) is 2.47. The number of esters is 1. The predicted molar refractivity (Wildman–Crippen MR) is 80.2 cm³/mol. The van der Waals surface area contributed by atoms with Gasteiger partial charge in [-0.05, 0) is 32.9 Å². The molecule has 0 saturated carbocycles. The van der Waals surface area contributed by atoms with Gasteiger partial charge in [0.05, 0.1) is 12.2 Å². The fraction of sp³-hybridized carbons (Fsp3) is 0.500. The van der Waals surface area contributed by atoms with E-state index in [0.29, 0.717) is 18.6 Å². The van der Waals surface area contributed by atoms with Crippen LogP contribution in [0, 0.1) is 0 Å². The lowest BCUT2D eigenvalue weighted by atomic mass is 10.1. The summed E-state index contributed by atoms with van der Waals surface area (Å²) in [5.41, 5.74) is 0.524. The van der Waals surface area contributed by atoms with E-state index in [1.165, 1.54) is 4.90 Å². The number of carbonyl (C=O) groups excluding carboxylic acids is 2. The third-order valence-corrected chi connectivity index (χ3v) is 3.21. The third-order valence-electron chi connectivity index (χ3n) is 3.21. The second-order valence-electron chi connectivity index (χ2n) is 4.98. The van der Waals surface area contributed by atoms with Crippen molar-refractivity contribution < 1.29 is 19.1 Å². The minimum atomic E-state index is -0.369. The van der Waals surface area contributed by atoms with Crippen LogP contribution < -0.4 is 0 Å². The molecule has 0 N–H and O–H groups in total. The molecule has 1 aromatic carbocycles. The van der Waals surface area contributed by atoms with E-state index in [2.05, 4.69) is 0 Å². The van der Waals surface area contributed by atoms with Crippen molar-refractivity contribution in [3.05, 3.63) is 35.9 Å². The molecule has 0 radical (unpaired) electrons. The monoisotopic (exact) mass is 293 g/mol. The number of benzene rings is 1. The Morgan fingerprint density at radius 2 is 1.81 bits per heavy atom. The van der Waals surface area contributed by atoms with Crippen molar-refractivity contribution in [2.45, 2.75) is 39.3 Å². The molecular weight excluding hydrogens is 270 g/mol. The summed E-state index contributed by atoms with van der Waals surface area (Å²) in [6.45, 7) is 5.81. The van der Waals surface area contributed by atoms with Crippen LogP contribution in [-0.4, -0.2) is 42.8 Å². The topological polar surface area (TPSA) is 55.8 Å². The highest BCUT2D eigenvalue weighted by atomic mass is 16.6. The summed E-state index contributed by atoms with van der Waals surface area (Å²) in [7, 11) is 1.67. The van der Waals surface area contributed by atoms with Crippen LogP contribution in [0.3, 0.4) is 0 Å². The molecule has 116 valence electrons. The fourth-order valence-corrected chi connectivity index (χ4v) is 1.92. The largest absolute Gasteiger partial charge is 0.459 e. The third kappa shape index (κ3) is 5.45. The number of nitrogens with zero attached hydrogens (tertiary/aromatic N) is 1. The Morgan fingerprint density at radius 3 is 2.38 bits per heavy atom. The Morgan fingerprint density at radius 1 is 1.19 bits per heavy atom. The zero-order chi connectivity index (χ0) is 15.8. The zero-order valence-corrected chi connectivity index (χ0v) is 13.0. The summed E-state index contributed by atoms with van der Waals surface area (Å²) in [5, 5.41) is 0. The second-order valence-corrected chi connectivity index (χ2v) is 4.98. The second kappa shape index (κ2) is 8.29. The van der Waals surface area contributed by atoms with Crippen LogP contribution >= 0.6 is 0 Å². The van der Waals surface area contributed by atoms with Gasteiger partial charge in [-0.1, -0.05) is 18.2 Å². The molecule has 0 saturated heterocycles. The van der Waals surface area contributed by atoms with Gasteiger partial charge in [-0.2, -0.15) is 0 Å². The van der Waals surface area contributed by atoms with E-state index in [9.17, 15) is 9.59 Å². The maximum absolute atomic E-state index is 11.9. The van der Waals surface area contributed by atoms with Crippen molar-refractivity contribution >= 4 is 12.1 Å². The van der Waals surface area contributed by atoms with Gasteiger partial charge in [0, 0.05) is 19.5 Å². The van der Waals surface area contributed by atoms with Crippen LogP contribution in [0.1, 0.15) is 37.6 Å². The van der Waals surface area contributed by atoms with Crippen LogP contribution in [0.4, 0.5) is 4.79 Å². The first-order chi connectivity index (χ1) is 9.95. The van der Waals surface area contributed by atoms with Crippen molar-refractivity contribution in [1.82, 2.24) is 4.90 Å². The number of ether oxygens (including phenoxy) is 2. The van der Waals surface area contributed by atoms with Gasteiger partial charge in [-0.15, -0.1) is 0 Å². The summed E-state index contributed by atoms with van der Waals surface area (Å²) in [6.07, 6.45) is -0.107. The highest BCUT2D eigenvalue weighted by Gasteiger charge is 2.21. The molecule has 21 heavy (non-hydrogen) atoms. The van der Waals surface area contributed by atoms with Gasteiger partial charge in [0.15, 0.2) is 0 Å². The van der Waals surface area contributed by atoms with Gasteiger partial charge in [0.1, 0.15) is 6.10 Å². The highest BCUT2D eigenvalue weighted by Crippen LogP contribution is 2.11. The van der Waals surface area contributed by atoms with E-state index in [-0.39, 0.29) is 24.2 Å². The van der Waals surface area contributed by atoms with Gasteiger partial charge < -0.3 is 14.4 Å². The molecule has 0 spiro atoms. The number of rotatable bonds is 6. The first kappa shape index (κ1) is 17.0. The van der Waals surface area contributed by atoms with E-state index >= 15 is 0 Å². The van der Waals surface area contributed by atoms with Crippen molar-refractivity contribution in [3.8, 4) is 0 Å². The van der Waals surface area contributed by atoms with E-state index in [0.717, 1.165) is 0 Å². The van der Waals surface area contributed by atoms with Crippen LogP contribution in [0.25, 0.3) is 0 Å². The molecule has 5 nitrogen and oxygen atoms in total. The van der Waals surface area contributed by atoms with E-state index in [4.69, 9.17) is 9.47 Å². The maximum Gasteiger partial charge on any atom is 0.409 e. The smallest absolute Gasteiger partial charge is 0.409 e. The van der Waals surface area contributed by atoms with E-state index < -0.39 is 0 Å². The molecule has 2 unspecified atom stereocenters. The molecule has 2 atom stereocenters. The number of hydrogen-bond acceptors (Lipinski definition) is 4. The van der Waals surface area contributed by atoms with Crippen molar-refractivity contribution in [2.75, 3.05) is 13.7 Å². The lowest BCUT2D eigenvalue weighted by molar-refractivity contribution is 0.0265. The van der Waals surface area contributed by atoms with E-state index in [1.54, 1.807) is 38.2 Å². The standard InChI is InChI=1S/C16H23NO4/c1-5-20-16(19)17(4)12(2)11-13(3)21-15(18)14-9-7-6-8-10-14/h6-10,12-13H,5,11H2,1-4H3. The normalized spacial score (nSPS) is 13.1. The molecule has 0 bridgehead atoms. The van der Waals surface area contributed by atoms with Gasteiger partial charge in [0.25, 0.3) is 0 Å². The Kier molecular flexibility index (Phi) is 6.72. The van der Waals surface area contributed by atoms with Crippen LogP contribution in [-0.2, 0) is 9.47 Å². The molecule has 0 aliphatic carbocycles. The summed E-state index contributed by atoms with van der Waals surface area (Å²) in [4.78, 5) is 25.0. The minimum Gasteiger partial charge on any atom is -0.459 e. The predicted octanol–water partition coefficient (Wildman–Crippen LogP) is 3.10. The molecule has 0 aromatic heterocycles. The molecule has 1 rings (SSSR count).